The summed E-state index contributed by atoms with van der Waals surface area (Å²) in [5, 5.41) is 2.95. The Bertz CT molecular complexity index is 882. The molecule has 1 heterocycles. The van der Waals surface area contributed by atoms with Crippen molar-refractivity contribution in [2.75, 3.05) is 23.4 Å². The monoisotopic (exact) mass is 394 g/mol. The molecule has 0 saturated carbocycles. The number of benzene rings is 2. The van der Waals surface area contributed by atoms with Crippen LogP contribution in [0.25, 0.3) is 0 Å². The van der Waals surface area contributed by atoms with E-state index in [2.05, 4.69) is 12.2 Å². The van der Waals surface area contributed by atoms with Gasteiger partial charge in [0.05, 0.1) is 6.61 Å². The topological polar surface area (TPSA) is 58.6 Å². The minimum Gasteiger partial charge on any atom is -0.494 e. The number of carbonyl (C=O) groups is 2. The van der Waals surface area contributed by atoms with Crippen LogP contribution < -0.4 is 15.0 Å². The summed E-state index contributed by atoms with van der Waals surface area (Å²) >= 11 is 0. The Labute approximate surface area is 173 Å². The van der Waals surface area contributed by atoms with Gasteiger partial charge >= 0.3 is 0 Å². The highest BCUT2D eigenvalue weighted by molar-refractivity contribution is 6.05. The van der Waals surface area contributed by atoms with E-state index in [0.717, 1.165) is 42.0 Å². The van der Waals surface area contributed by atoms with Gasteiger partial charge in [-0.1, -0.05) is 34.1 Å². The molecule has 1 aliphatic rings. The molecule has 0 aliphatic carbocycles. The molecule has 1 aliphatic heterocycles. The zero-order valence-electron chi connectivity index (χ0n) is 17.7. The predicted octanol–water partition coefficient (Wildman–Crippen LogP) is 5.05. The molecule has 2 aromatic carbocycles. The highest BCUT2D eigenvalue weighted by Crippen LogP contribution is 2.33. The van der Waals surface area contributed by atoms with Gasteiger partial charge < -0.3 is 15.0 Å². The summed E-state index contributed by atoms with van der Waals surface area (Å²) in [4.78, 5) is 27.1. The van der Waals surface area contributed by atoms with Crippen molar-refractivity contribution < 1.29 is 14.3 Å². The molecular formula is C24H30N2O3. The van der Waals surface area contributed by atoms with E-state index < -0.39 is 5.41 Å². The van der Waals surface area contributed by atoms with Crippen LogP contribution in [0.5, 0.6) is 5.75 Å². The Morgan fingerprint density at radius 1 is 1.10 bits per heavy atom. The Morgan fingerprint density at radius 3 is 2.48 bits per heavy atom. The van der Waals surface area contributed by atoms with Gasteiger partial charge in [0.25, 0.3) is 5.91 Å². The third-order valence-corrected chi connectivity index (χ3v) is 5.00. The zero-order valence-corrected chi connectivity index (χ0v) is 17.7. The maximum absolute atomic E-state index is 12.6. The quantitative estimate of drug-likeness (QED) is 0.697. The summed E-state index contributed by atoms with van der Waals surface area (Å²) in [6.07, 6.45) is 2.90. The smallest absolute Gasteiger partial charge is 0.255 e. The summed E-state index contributed by atoms with van der Waals surface area (Å²) in [7, 11) is 0. The number of unbranched alkanes of at least 4 members (excludes halogenated alkanes) is 1. The molecule has 2 amide bonds. The Morgan fingerprint density at radius 2 is 1.83 bits per heavy atom. The van der Waals surface area contributed by atoms with Crippen molar-refractivity contribution in [3.63, 3.8) is 0 Å². The molecule has 2 aromatic rings. The first-order chi connectivity index (χ1) is 13.8. The van der Waals surface area contributed by atoms with Gasteiger partial charge in [-0.05, 0) is 60.9 Å². The summed E-state index contributed by atoms with van der Waals surface area (Å²) in [5.41, 5.74) is 2.93. The lowest BCUT2D eigenvalue weighted by molar-refractivity contribution is -0.125. The van der Waals surface area contributed by atoms with Crippen molar-refractivity contribution in [1.29, 1.82) is 0 Å². The minimum absolute atomic E-state index is 0.120. The molecule has 154 valence electrons. The predicted molar refractivity (Wildman–Crippen MR) is 117 cm³/mol. The number of nitrogens with zero attached hydrogens (tertiary/aromatic N) is 1. The van der Waals surface area contributed by atoms with Gasteiger partial charge in [0.15, 0.2) is 0 Å². The Kier molecular flexibility index (Phi) is 6.26. The fourth-order valence-corrected chi connectivity index (χ4v) is 3.34. The maximum Gasteiger partial charge on any atom is 0.255 e. The van der Waals surface area contributed by atoms with E-state index in [9.17, 15) is 9.59 Å². The van der Waals surface area contributed by atoms with Crippen LogP contribution in [0.4, 0.5) is 11.4 Å². The lowest BCUT2D eigenvalue weighted by atomic mass is 9.94. The van der Waals surface area contributed by atoms with Crippen molar-refractivity contribution in [3.8, 4) is 5.75 Å². The molecule has 5 heteroatoms. The van der Waals surface area contributed by atoms with Crippen molar-refractivity contribution in [2.24, 2.45) is 5.41 Å². The van der Waals surface area contributed by atoms with Crippen LogP contribution in [0.3, 0.4) is 0 Å². The van der Waals surface area contributed by atoms with E-state index in [1.165, 1.54) is 0 Å². The molecule has 0 bridgehead atoms. The molecule has 3 rings (SSSR count). The number of anilines is 2. The molecule has 0 radical (unpaired) electrons. The third kappa shape index (κ3) is 4.97. The first-order valence-corrected chi connectivity index (χ1v) is 10.3. The summed E-state index contributed by atoms with van der Waals surface area (Å²) in [6, 6.07) is 12.9. The largest absolute Gasteiger partial charge is 0.494 e. The average molecular weight is 395 g/mol. The first-order valence-electron chi connectivity index (χ1n) is 10.3. The SMILES string of the molecule is CCCCOc1ccc(C(=O)Nc2ccc3c(c2)CCN3C(=O)C(C)(C)C)cc1. The van der Waals surface area contributed by atoms with Gasteiger partial charge in [-0.2, -0.15) is 0 Å². The molecule has 29 heavy (non-hydrogen) atoms. The fraction of sp³-hybridized carbons (Fsp3) is 0.417. The lowest BCUT2D eigenvalue weighted by Gasteiger charge is -2.26. The number of amides is 2. The van der Waals surface area contributed by atoms with Crippen LogP contribution in [0.15, 0.2) is 42.5 Å². The average Bonchev–Trinajstić information content (AvgIpc) is 3.10. The zero-order chi connectivity index (χ0) is 21.0. The first kappa shape index (κ1) is 20.9. The molecular weight excluding hydrogens is 364 g/mol. The fourth-order valence-electron chi connectivity index (χ4n) is 3.34. The highest BCUT2D eigenvalue weighted by Gasteiger charge is 2.32. The summed E-state index contributed by atoms with van der Waals surface area (Å²) < 4.78 is 5.64. The van der Waals surface area contributed by atoms with Crippen molar-refractivity contribution in [2.45, 2.75) is 47.0 Å². The molecule has 0 spiro atoms. The maximum atomic E-state index is 12.6. The lowest BCUT2D eigenvalue weighted by Crippen LogP contribution is -2.38. The van der Waals surface area contributed by atoms with E-state index in [1.807, 2.05) is 56.0 Å². The van der Waals surface area contributed by atoms with Crippen LogP contribution >= 0.6 is 0 Å². The van der Waals surface area contributed by atoms with Gasteiger partial charge in [-0.15, -0.1) is 0 Å². The van der Waals surface area contributed by atoms with E-state index in [-0.39, 0.29) is 11.8 Å². The Hall–Kier alpha value is -2.82. The van der Waals surface area contributed by atoms with Crippen LogP contribution in [0, 0.1) is 5.41 Å². The van der Waals surface area contributed by atoms with E-state index in [1.54, 1.807) is 12.1 Å². The van der Waals surface area contributed by atoms with Crippen molar-refractivity contribution in [3.05, 3.63) is 53.6 Å². The molecule has 0 atom stereocenters. The van der Waals surface area contributed by atoms with Crippen LogP contribution in [-0.2, 0) is 11.2 Å². The molecule has 0 saturated heterocycles. The summed E-state index contributed by atoms with van der Waals surface area (Å²) in [5.74, 6) is 0.732. The van der Waals surface area contributed by atoms with Gasteiger partial charge in [0.2, 0.25) is 5.91 Å². The van der Waals surface area contributed by atoms with Crippen molar-refractivity contribution >= 4 is 23.2 Å². The second-order valence-electron chi connectivity index (χ2n) is 8.48. The number of fused-ring (bicyclic) bond motifs is 1. The Balaban J connectivity index is 1.66. The number of nitrogens with one attached hydrogen (secondary N) is 1. The molecule has 0 unspecified atom stereocenters. The number of hydrogen-bond donors (Lipinski definition) is 1. The third-order valence-electron chi connectivity index (χ3n) is 5.00. The van der Waals surface area contributed by atoms with Crippen LogP contribution in [0.2, 0.25) is 0 Å². The molecule has 5 nitrogen and oxygen atoms in total. The highest BCUT2D eigenvalue weighted by atomic mass is 16.5. The standard InChI is InChI=1S/C24H30N2O3/c1-5-6-15-29-20-10-7-17(8-11-20)22(27)25-19-9-12-21-18(16-19)13-14-26(21)23(28)24(2,3)4/h7-12,16H,5-6,13-15H2,1-4H3,(H,25,27). The van der Waals surface area contributed by atoms with E-state index in [4.69, 9.17) is 4.74 Å². The van der Waals surface area contributed by atoms with Gasteiger partial charge in [-0.3, -0.25) is 9.59 Å². The molecule has 1 N–H and O–H groups in total. The second-order valence-corrected chi connectivity index (χ2v) is 8.48. The van der Waals surface area contributed by atoms with Gasteiger partial charge in [0.1, 0.15) is 5.75 Å². The van der Waals surface area contributed by atoms with Gasteiger partial charge in [0, 0.05) is 28.9 Å². The van der Waals surface area contributed by atoms with Crippen LogP contribution in [0.1, 0.15) is 56.5 Å². The second kappa shape index (κ2) is 8.68. The minimum atomic E-state index is -0.416. The number of rotatable bonds is 6. The number of ether oxygens (including phenoxy) is 1. The summed E-state index contributed by atoms with van der Waals surface area (Å²) in [6.45, 7) is 9.29. The number of carbonyl (C=O) groups excluding carboxylic acids is 2. The molecule has 0 aromatic heterocycles. The van der Waals surface area contributed by atoms with Gasteiger partial charge in [-0.25, -0.2) is 0 Å². The normalized spacial score (nSPS) is 13.2. The van der Waals surface area contributed by atoms with Crippen LogP contribution in [-0.4, -0.2) is 25.0 Å². The van der Waals surface area contributed by atoms with E-state index in [0.29, 0.717) is 18.7 Å². The van der Waals surface area contributed by atoms with Crippen molar-refractivity contribution in [1.82, 2.24) is 0 Å². The molecule has 0 fully saturated rings. The van der Waals surface area contributed by atoms with E-state index >= 15 is 0 Å². The number of hydrogen-bond acceptors (Lipinski definition) is 3.